The Morgan fingerprint density at radius 1 is 0.963 bits per heavy atom. The predicted molar refractivity (Wildman–Crippen MR) is 107 cm³/mol. The van der Waals surface area contributed by atoms with Crippen molar-refractivity contribution in [2.24, 2.45) is 5.92 Å². The highest BCUT2D eigenvalue weighted by Crippen LogP contribution is 2.23. The van der Waals surface area contributed by atoms with Gasteiger partial charge in [-0.1, -0.05) is 48.5 Å². The maximum atomic E-state index is 13.8. The third-order valence-electron chi connectivity index (χ3n) is 5.33. The molecule has 3 aromatic carbocycles. The van der Waals surface area contributed by atoms with Crippen LogP contribution in [0.15, 0.2) is 66.7 Å². The second-order valence-electron chi connectivity index (χ2n) is 7.19. The molecule has 1 saturated heterocycles. The Kier molecular flexibility index (Phi) is 5.16. The Morgan fingerprint density at radius 3 is 2.44 bits per heavy atom. The van der Waals surface area contributed by atoms with Crippen molar-refractivity contribution < 1.29 is 9.18 Å². The number of piperidine rings is 1. The highest BCUT2D eigenvalue weighted by Gasteiger charge is 2.25. The van der Waals surface area contributed by atoms with Crippen LogP contribution >= 0.6 is 0 Å². The van der Waals surface area contributed by atoms with Gasteiger partial charge >= 0.3 is 0 Å². The summed E-state index contributed by atoms with van der Waals surface area (Å²) < 4.78 is 13.8. The number of fused-ring (bicyclic) bond motifs is 1. The molecule has 1 heterocycles. The summed E-state index contributed by atoms with van der Waals surface area (Å²) in [6, 6.07) is 21.0. The summed E-state index contributed by atoms with van der Waals surface area (Å²) in [5.74, 6) is -0.0714. The number of anilines is 1. The van der Waals surface area contributed by atoms with Crippen molar-refractivity contribution in [1.82, 2.24) is 4.90 Å². The van der Waals surface area contributed by atoms with Crippen LogP contribution in [0.25, 0.3) is 10.8 Å². The topological polar surface area (TPSA) is 32.3 Å². The molecule has 4 rings (SSSR count). The van der Waals surface area contributed by atoms with Crippen LogP contribution in [0, 0.1) is 11.7 Å². The van der Waals surface area contributed by atoms with Crippen LogP contribution in [0.4, 0.5) is 10.1 Å². The summed E-state index contributed by atoms with van der Waals surface area (Å²) in [5.41, 5.74) is 1.56. The molecule has 0 bridgehead atoms. The minimum absolute atomic E-state index is 0.00772. The molecule has 138 valence electrons. The van der Waals surface area contributed by atoms with E-state index in [1.165, 1.54) is 6.07 Å². The van der Waals surface area contributed by atoms with E-state index in [2.05, 4.69) is 16.3 Å². The van der Waals surface area contributed by atoms with E-state index in [9.17, 15) is 9.18 Å². The fourth-order valence-corrected chi connectivity index (χ4v) is 3.73. The first-order chi connectivity index (χ1) is 13.2. The lowest BCUT2D eigenvalue weighted by atomic mass is 9.95. The zero-order valence-corrected chi connectivity index (χ0v) is 15.2. The van der Waals surface area contributed by atoms with Gasteiger partial charge in [-0.2, -0.15) is 0 Å². The number of halogens is 1. The van der Waals surface area contributed by atoms with E-state index in [1.807, 2.05) is 48.5 Å². The molecule has 0 aliphatic carbocycles. The van der Waals surface area contributed by atoms with Crippen molar-refractivity contribution >= 4 is 22.4 Å². The van der Waals surface area contributed by atoms with Gasteiger partial charge in [-0.05, 0) is 54.9 Å². The highest BCUT2D eigenvalue weighted by atomic mass is 19.1. The average molecular weight is 362 g/mol. The molecule has 3 nitrogen and oxygen atoms in total. The molecule has 0 atom stereocenters. The summed E-state index contributed by atoms with van der Waals surface area (Å²) in [6.07, 6.45) is 1.60. The fraction of sp³-hybridized carbons (Fsp3) is 0.261. The van der Waals surface area contributed by atoms with Gasteiger partial charge in [-0.3, -0.25) is 9.69 Å². The second-order valence-corrected chi connectivity index (χ2v) is 7.19. The van der Waals surface area contributed by atoms with E-state index in [0.717, 1.165) is 48.0 Å². The average Bonchev–Trinajstić information content (AvgIpc) is 2.70. The molecule has 27 heavy (non-hydrogen) atoms. The lowest BCUT2D eigenvalue weighted by molar-refractivity contribution is -0.121. The molecule has 0 spiro atoms. The molecule has 3 aromatic rings. The number of likely N-dealkylation sites (tertiary alicyclic amines) is 1. The second kappa shape index (κ2) is 7.89. The van der Waals surface area contributed by atoms with E-state index in [-0.39, 0.29) is 17.6 Å². The van der Waals surface area contributed by atoms with Crippen LogP contribution in [0.5, 0.6) is 0 Å². The van der Waals surface area contributed by atoms with Crippen LogP contribution < -0.4 is 5.32 Å². The zero-order chi connectivity index (χ0) is 18.6. The minimum atomic E-state index is -0.159. The van der Waals surface area contributed by atoms with Gasteiger partial charge in [0.25, 0.3) is 0 Å². The van der Waals surface area contributed by atoms with Crippen LogP contribution in [0.1, 0.15) is 18.4 Å². The van der Waals surface area contributed by atoms with Crippen molar-refractivity contribution in [3.05, 3.63) is 78.1 Å². The number of benzene rings is 3. The maximum absolute atomic E-state index is 13.8. The summed E-state index contributed by atoms with van der Waals surface area (Å²) in [7, 11) is 0. The fourth-order valence-electron chi connectivity index (χ4n) is 3.73. The number of hydrogen-bond donors (Lipinski definition) is 1. The van der Waals surface area contributed by atoms with Crippen molar-refractivity contribution in [3.8, 4) is 0 Å². The SMILES string of the molecule is O=C(Nc1ccc2ccccc2c1)C1CCN(Cc2ccccc2F)CC1. The Morgan fingerprint density at radius 2 is 1.67 bits per heavy atom. The first kappa shape index (κ1) is 17.7. The molecule has 0 unspecified atom stereocenters. The first-order valence-electron chi connectivity index (χ1n) is 9.44. The molecule has 0 saturated carbocycles. The molecule has 1 amide bonds. The molecular weight excluding hydrogens is 339 g/mol. The summed E-state index contributed by atoms with van der Waals surface area (Å²) in [6.45, 7) is 2.22. The molecule has 1 aliphatic rings. The van der Waals surface area contributed by atoms with Gasteiger partial charge in [0, 0.05) is 23.7 Å². The van der Waals surface area contributed by atoms with Crippen LogP contribution in [-0.4, -0.2) is 23.9 Å². The largest absolute Gasteiger partial charge is 0.326 e. The van der Waals surface area contributed by atoms with E-state index < -0.39 is 0 Å². The number of carbonyl (C=O) groups is 1. The number of hydrogen-bond acceptors (Lipinski definition) is 2. The van der Waals surface area contributed by atoms with Crippen molar-refractivity contribution in [3.63, 3.8) is 0 Å². The first-order valence-corrected chi connectivity index (χ1v) is 9.44. The minimum Gasteiger partial charge on any atom is -0.326 e. The molecular formula is C23H23FN2O. The monoisotopic (exact) mass is 362 g/mol. The van der Waals surface area contributed by atoms with Crippen molar-refractivity contribution in [1.29, 1.82) is 0 Å². The number of nitrogens with one attached hydrogen (secondary N) is 1. The molecule has 0 radical (unpaired) electrons. The summed E-state index contributed by atoms with van der Waals surface area (Å²) in [4.78, 5) is 14.9. The van der Waals surface area contributed by atoms with Crippen molar-refractivity contribution in [2.75, 3.05) is 18.4 Å². The van der Waals surface area contributed by atoms with Gasteiger partial charge in [0.05, 0.1) is 0 Å². The van der Waals surface area contributed by atoms with Gasteiger partial charge < -0.3 is 5.32 Å². The van der Waals surface area contributed by atoms with Gasteiger partial charge in [0.15, 0.2) is 0 Å². The normalized spacial score (nSPS) is 15.7. The van der Waals surface area contributed by atoms with E-state index in [1.54, 1.807) is 6.07 Å². The Balaban J connectivity index is 1.33. The smallest absolute Gasteiger partial charge is 0.227 e. The van der Waals surface area contributed by atoms with Crippen molar-refractivity contribution in [2.45, 2.75) is 19.4 Å². The van der Waals surface area contributed by atoms with Gasteiger partial charge in [0.1, 0.15) is 5.82 Å². The molecule has 4 heteroatoms. The van der Waals surface area contributed by atoms with E-state index >= 15 is 0 Å². The Bertz CT molecular complexity index is 948. The van der Waals surface area contributed by atoms with E-state index in [0.29, 0.717) is 6.54 Å². The van der Waals surface area contributed by atoms with Crippen LogP contribution in [0.3, 0.4) is 0 Å². The molecule has 0 aromatic heterocycles. The lowest BCUT2D eigenvalue weighted by Crippen LogP contribution is -2.37. The maximum Gasteiger partial charge on any atom is 0.227 e. The number of rotatable bonds is 4. The van der Waals surface area contributed by atoms with Crippen LogP contribution in [-0.2, 0) is 11.3 Å². The van der Waals surface area contributed by atoms with Gasteiger partial charge in [-0.15, -0.1) is 0 Å². The van der Waals surface area contributed by atoms with Gasteiger partial charge in [-0.25, -0.2) is 4.39 Å². The number of nitrogens with zero attached hydrogens (tertiary/aromatic N) is 1. The highest BCUT2D eigenvalue weighted by molar-refractivity contribution is 5.95. The molecule has 1 N–H and O–H groups in total. The van der Waals surface area contributed by atoms with Crippen LogP contribution in [0.2, 0.25) is 0 Å². The predicted octanol–water partition coefficient (Wildman–Crippen LogP) is 4.83. The third-order valence-corrected chi connectivity index (χ3v) is 5.33. The van der Waals surface area contributed by atoms with Gasteiger partial charge in [0.2, 0.25) is 5.91 Å². The zero-order valence-electron chi connectivity index (χ0n) is 15.2. The summed E-state index contributed by atoms with van der Waals surface area (Å²) in [5, 5.41) is 5.34. The quantitative estimate of drug-likeness (QED) is 0.721. The number of carbonyl (C=O) groups excluding carboxylic acids is 1. The third kappa shape index (κ3) is 4.17. The molecule has 1 aliphatic heterocycles. The summed E-state index contributed by atoms with van der Waals surface area (Å²) >= 11 is 0. The standard InChI is InChI=1S/C23H23FN2O/c24-22-8-4-3-7-20(22)16-26-13-11-18(12-14-26)23(27)25-21-10-9-17-5-1-2-6-19(17)15-21/h1-10,15,18H,11-14,16H2,(H,25,27). The lowest BCUT2D eigenvalue weighted by Gasteiger charge is -2.31. The molecule has 1 fully saturated rings. The Labute approximate surface area is 158 Å². The number of amides is 1. The van der Waals surface area contributed by atoms with E-state index in [4.69, 9.17) is 0 Å². The Hall–Kier alpha value is -2.72.